The predicted molar refractivity (Wildman–Crippen MR) is 79.1 cm³/mol. The molecule has 106 valence electrons. The zero-order valence-corrected chi connectivity index (χ0v) is 12.8. The van der Waals surface area contributed by atoms with E-state index >= 15 is 0 Å². The summed E-state index contributed by atoms with van der Waals surface area (Å²) in [5, 5.41) is 3.20. The van der Waals surface area contributed by atoms with E-state index in [1.54, 1.807) is 28.2 Å². The minimum Gasteiger partial charge on any atom is -0.383 e. The molecule has 1 atom stereocenters. The largest absolute Gasteiger partial charge is 0.383 e. The van der Waals surface area contributed by atoms with Gasteiger partial charge < -0.3 is 5.32 Å². The van der Waals surface area contributed by atoms with Crippen LogP contribution in [0.4, 0.5) is 5.69 Å². The average Bonchev–Trinajstić information content (AvgIpc) is 2.40. The number of anilines is 1. The molecule has 1 aromatic rings. The number of pyridine rings is 1. The van der Waals surface area contributed by atoms with Crippen molar-refractivity contribution in [3.05, 3.63) is 18.3 Å². The summed E-state index contributed by atoms with van der Waals surface area (Å²) in [6, 6.07) is 3.51. The Bertz CT molecular complexity index is 534. The monoisotopic (exact) mass is 301 g/mol. The number of sulfonamides is 1. The lowest BCUT2D eigenvalue weighted by Crippen LogP contribution is -2.44. The zero-order chi connectivity index (χ0) is 13.9. The van der Waals surface area contributed by atoms with Crippen molar-refractivity contribution in [2.24, 2.45) is 0 Å². The molecule has 0 amide bonds. The minimum absolute atomic E-state index is 0.0141. The van der Waals surface area contributed by atoms with Gasteiger partial charge in [-0.2, -0.15) is 16.1 Å². The quantitative estimate of drug-likeness (QED) is 0.916. The predicted octanol–water partition coefficient (Wildman–Crippen LogP) is 1.64. The first kappa shape index (κ1) is 14.6. The summed E-state index contributed by atoms with van der Waals surface area (Å²) < 4.78 is 27.0. The molecule has 0 bridgehead atoms. The van der Waals surface area contributed by atoms with Gasteiger partial charge in [-0.1, -0.05) is 0 Å². The van der Waals surface area contributed by atoms with E-state index in [-0.39, 0.29) is 11.1 Å². The summed E-state index contributed by atoms with van der Waals surface area (Å²) in [6.07, 6.45) is 1.52. The fourth-order valence-electron chi connectivity index (χ4n) is 2.10. The Morgan fingerprint density at radius 1 is 1.58 bits per heavy atom. The maximum Gasteiger partial charge on any atom is 0.262 e. The Hall–Kier alpha value is -0.790. The lowest BCUT2D eigenvalue weighted by molar-refractivity contribution is 0.366. The third kappa shape index (κ3) is 3.04. The van der Waals surface area contributed by atoms with Gasteiger partial charge in [0, 0.05) is 36.8 Å². The lowest BCUT2D eigenvalue weighted by atomic mass is 10.4. The third-order valence-electron chi connectivity index (χ3n) is 3.00. The number of nitrogens with zero attached hydrogens (tertiary/aromatic N) is 2. The molecule has 19 heavy (non-hydrogen) atoms. The molecule has 0 spiro atoms. The van der Waals surface area contributed by atoms with Gasteiger partial charge in [-0.25, -0.2) is 13.4 Å². The molecule has 1 aliphatic heterocycles. The SMILES string of the molecule is CCNc1cccnc1S(=O)(=O)N1CCSCC1C. The van der Waals surface area contributed by atoms with Gasteiger partial charge in [0.2, 0.25) is 0 Å². The van der Waals surface area contributed by atoms with Crippen LogP contribution in [0.2, 0.25) is 0 Å². The molecule has 0 radical (unpaired) electrons. The Balaban J connectivity index is 2.38. The highest BCUT2D eigenvalue weighted by Gasteiger charge is 2.33. The molecule has 1 aromatic heterocycles. The molecule has 7 heteroatoms. The van der Waals surface area contributed by atoms with Crippen LogP contribution in [0.1, 0.15) is 13.8 Å². The van der Waals surface area contributed by atoms with Crippen LogP contribution in [-0.2, 0) is 10.0 Å². The van der Waals surface area contributed by atoms with Crippen molar-refractivity contribution >= 4 is 27.5 Å². The molecule has 2 rings (SSSR count). The molecule has 0 aromatic carbocycles. The summed E-state index contributed by atoms with van der Waals surface area (Å²) in [4.78, 5) is 4.08. The van der Waals surface area contributed by atoms with Gasteiger partial charge >= 0.3 is 0 Å². The summed E-state index contributed by atoms with van der Waals surface area (Å²) in [6.45, 7) is 5.10. The van der Waals surface area contributed by atoms with E-state index in [1.807, 2.05) is 13.8 Å². The normalized spacial score (nSPS) is 21.3. The van der Waals surface area contributed by atoms with Crippen LogP contribution in [0.25, 0.3) is 0 Å². The Morgan fingerprint density at radius 2 is 2.37 bits per heavy atom. The van der Waals surface area contributed by atoms with Gasteiger partial charge in [0.1, 0.15) is 0 Å². The van der Waals surface area contributed by atoms with Crippen molar-refractivity contribution in [3.63, 3.8) is 0 Å². The molecule has 1 aliphatic rings. The van der Waals surface area contributed by atoms with E-state index in [4.69, 9.17) is 0 Å². The molecule has 1 saturated heterocycles. The van der Waals surface area contributed by atoms with Crippen LogP contribution in [0.15, 0.2) is 23.4 Å². The van der Waals surface area contributed by atoms with Crippen LogP contribution in [-0.4, -0.2) is 48.3 Å². The van der Waals surface area contributed by atoms with Crippen molar-refractivity contribution in [3.8, 4) is 0 Å². The van der Waals surface area contributed by atoms with E-state index < -0.39 is 10.0 Å². The second-order valence-electron chi connectivity index (χ2n) is 4.43. The molecule has 0 aliphatic carbocycles. The molecule has 2 heterocycles. The highest BCUT2D eigenvalue weighted by atomic mass is 32.2. The smallest absolute Gasteiger partial charge is 0.262 e. The van der Waals surface area contributed by atoms with Crippen molar-refractivity contribution in [2.75, 3.05) is 29.9 Å². The Morgan fingerprint density at radius 3 is 3.05 bits per heavy atom. The summed E-state index contributed by atoms with van der Waals surface area (Å²) in [5.41, 5.74) is 0.579. The highest BCUT2D eigenvalue weighted by molar-refractivity contribution is 7.99. The average molecular weight is 301 g/mol. The van der Waals surface area contributed by atoms with Gasteiger partial charge in [0.15, 0.2) is 5.03 Å². The fourth-order valence-corrected chi connectivity index (χ4v) is 5.04. The molecule has 0 saturated carbocycles. The standard InChI is InChI=1S/C12H19N3O2S2/c1-3-13-11-5-4-6-14-12(11)19(16,17)15-7-8-18-9-10(15)2/h4-6,10,13H,3,7-9H2,1-2H3. The summed E-state index contributed by atoms with van der Waals surface area (Å²) in [5.74, 6) is 1.68. The van der Waals surface area contributed by atoms with Crippen LogP contribution < -0.4 is 5.32 Å². The van der Waals surface area contributed by atoms with Crippen molar-refractivity contribution in [1.29, 1.82) is 0 Å². The second kappa shape index (κ2) is 6.11. The maximum absolute atomic E-state index is 12.7. The lowest BCUT2D eigenvalue weighted by Gasteiger charge is -2.32. The van der Waals surface area contributed by atoms with E-state index in [9.17, 15) is 8.42 Å². The van der Waals surface area contributed by atoms with E-state index in [1.165, 1.54) is 6.20 Å². The minimum atomic E-state index is -3.52. The first-order valence-electron chi connectivity index (χ1n) is 6.36. The number of hydrogen-bond donors (Lipinski definition) is 1. The molecular weight excluding hydrogens is 282 g/mol. The fraction of sp³-hybridized carbons (Fsp3) is 0.583. The van der Waals surface area contributed by atoms with Gasteiger partial charge in [-0.3, -0.25) is 0 Å². The topological polar surface area (TPSA) is 62.3 Å². The first-order chi connectivity index (χ1) is 9.07. The Labute approximate surface area is 118 Å². The van der Waals surface area contributed by atoms with Crippen molar-refractivity contribution in [1.82, 2.24) is 9.29 Å². The number of thioether (sulfide) groups is 1. The van der Waals surface area contributed by atoms with Crippen LogP contribution in [0, 0.1) is 0 Å². The van der Waals surface area contributed by atoms with Gasteiger partial charge in [0.25, 0.3) is 10.0 Å². The molecule has 1 unspecified atom stereocenters. The van der Waals surface area contributed by atoms with Gasteiger partial charge in [-0.15, -0.1) is 0 Å². The van der Waals surface area contributed by atoms with Crippen LogP contribution >= 0.6 is 11.8 Å². The van der Waals surface area contributed by atoms with E-state index in [0.29, 0.717) is 18.8 Å². The molecule has 5 nitrogen and oxygen atoms in total. The van der Waals surface area contributed by atoms with E-state index in [2.05, 4.69) is 10.3 Å². The van der Waals surface area contributed by atoms with Crippen molar-refractivity contribution < 1.29 is 8.42 Å². The highest BCUT2D eigenvalue weighted by Crippen LogP contribution is 2.27. The zero-order valence-electron chi connectivity index (χ0n) is 11.2. The summed E-state index contributed by atoms with van der Waals surface area (Å²) in [7, 11) is -3.52. The second-order valence-corrected chi connectivity index (χ2v) is 7.38. The summed E-state index contributed by atoms with van der Waals surface area (Å²) >= 11 is 1.79. The van der Waals surface area contributed by atoms with Crippen molar-refractivity contribution in [2.45, 2.75) is 24.9 Å². The maximum atomic E-state index is 12.7. The Kier molecular flexibility index (Phi) is 4.70. The van der Waals surface area contributed by atoms with Crippen LogP contribution in [0.5, 0.6) is 0 Å². The number of hydrogen-bond acceptors (Lipinski definition) is 5. The number of rotatable bonds is 4. The number of nitrogens with one attached hydrogen (secondary N) is 1. The first-order valence-corrected chi connectivity index (χ1v) is 8.95. The molecule has 1 N–H and O–H groups in total. The van der Waals surface area contributed by atoms with Gasteiger partial charge in [0.05, 0.1) is 5.69 Å². The van der Waals surface area contributed by atoms with E-state index in [0.717, 1.165) is 11.5 Å². The number of aromatic nitrogens is 1. The van der Waals surface area contributed by atoms with Crippen LogP contribution in [0.3, 0.4) is 0 Å². The molecular formula is C12H19N3O2S2. The van der Waals surface area contributed by atoms with Gasteiger partial charge in [-0.05, 0) is 26.0 Å². The molecule has 1 fully saturated rings. The third-order valence-corrected chi connectivity index (χ3v) is 6.16.